The Labute approximate surface area is 830 Å². The van der Waals surface area contributed by atoms with Gasteiger partial charge in [0.2, 0.25) is 0 Å². The maximum absolute atomic E-state index is 6.02. The molecule has 0 aliphatic heterocycles. The molecule has 31 radical (unpaired) electrons. The van der Waals surface area contributed by atoms with E-state index in [0.717, 1.165) is 0 Å². The largest absolute Gasteiger partial charge is 0.796 e. The topological polar surface area (TPSA) is 46.2 Å². The van der Waals surface area contributed by atoms with Crippen LogP contribution in [0.4, 0.5) is 0 Å². The van der Waals surface area contributed by atoms with Crippen LogP contribution in [0.25, 0.3) is 0 Å². The summed E-state index contributed by atoms with van der Waals surface area (Å²) in [6.45, 7) is 38.7. The Kier molecular flexibility index (Phi) is 817. The van der Waals surface area contributed by atoms with Crippen molar-refractivity contribution in [1.82, 2.24) is 0 Å². The van der Waals surface area contributed by atoms with E-state index >= 15 is 0 Å². The van der Waals surface area contributed by atoms with Crippen molar-refractivity contribution in [3.05, 3.63) is 12.3 Å². The van der Waals surface area contributed by atoms with E-state index in [-0.39, 0.29) is 596 Å². The van der Waals surface area contributed by atoms with Crippen LogP contribution in [0.1, 0.15) is 29.6 Å². The van der Waals surface area contributed by atoms with Crippen molar-refractivity contribution >= 4 is 63.7 Å². The number of hydrogen-bond donors (Lipinski definition) is 0. The van der Waals surface area contributed by atoms with Gasteiger partial charge < -0.3 is 34.8 Å². The first-order valence-corrected chi connectivity index (χ1v) is 33.1. The number of hydrogen-bond acceptors (Lipinski definition) is 6. The SMILES string of the molecule is C.C.C=C[Si](C)(C)C.CCC[Si](C)(C)OC.CO[SiH](C)C.CO[SiH](C)C.CO[Si](C)(C)C.CO[Si](C)(C)C.[2H]C[S-].[V].[V].[V].[V].[V].[V].[V].[V].[V].[V].[V].[V].[V].[V].[V].[V].[V].[V].[V].[V].[V].[V].[V].[V].[V].[V].[V].[V].[V].[V].[V]. The van der Waals surface area contributed by atoms with Crippen LogP contribution in [0.15, 0.2) is 12.3 Å². The monoisotopic (exact) mass is 2280 g/mol. The van der Waals surface area contributed by atoms with Crippen molar-refractivity contribution in [3.63, 3.8) is 0 Å². The van der Waals surface area contributed by atoms with Gasteiger partial charge in [-0.2, -0.15) is 6.23 Å². The molecule has 71 heavy (non-hydrogen) atoms. The van der Waals surface area contributed by atoms with E-state index in [2.05, 4.69) is 130 Å². The maximum atomic E-state index is 6.02. The van der Waals surface area contributed by atoms with Gasteiger partial charge >= 0.3 is 0 Å². The third-order valence-corrected chi connectivity index (χ3v) is 12.6. The molecule has 0 aromatic heterocycles. The fourth-order valence-corrected chi connectivity index (χ4v) is 2.11. The average molecular weight is 2280 g/mol. The van der Waals surface area contributed by atoms with E-state index in [9.17, 15) is 0 Å². The molecule has 0 saturated carbocycles. The molecule has 0 aliphatic carbocycles. The van der Waals surface area contributed by atoms with E-state index in [1.54, 1.807) is 28.4 Å². The molecule has 0 saturated heterocycles. The molecule has 43 heteroatoms. The fourth-order valence-electron chi connectivity index (χ4n) is 0.704. The van der Waals surface area contributed by atoms with Crippen LogP contribution in [0.3, 0.4) is 0 Å². The second-order valence-corrected chi connectivity index (χ2v) is 36.5. The summed E-state index contributed by atoms with van der Waals surface area (Å²) >= 11 is 4.06. The second-order valence-electron chi connectivity index (χ2n) is 12.5. The van der Waals surface area contributed by atoms with E-state index in [4.69, 9.17) is 23.5 Å². The zero-order valence-corrected chi connectivity index (χ0v) is 94.3. The quantitative estimate of drug-likeness (QED) is 0.178. The summed E-state index contributed by atoms with van der Waals surface area (Å²) in [5.41, 5.74) is 2.08. The van der Waals surface area contributed by atoms with Gasteiger partial charge in [0.05, 0.1) is 8.07 Å². The van der Waals surface area contributed by atoms with Crippen LogP contribution < -0.4 is 0 Å². The van der Waals surface area contributed by atoms with Gasteiger partial charge in [-0.25, -0.2) is 0 Å². The van der Waals surface area contributed by atoms with Crippen LogP contribution in [0.2, 0.25) is 104 Å². The molecular weight excluding hydrogens is 2200 g/mol. The zero-order chi connectivity index (χ0) is 33.5. The van der Waals surface area contributed by atoms with E-state index in [0.29, 0.717) is 0 Å². The van der Waals surface area contributed by atoms with Crippen molar-refractivity contribution in [3.8, 4) is 0 Å². The van der Waals surface area contributed by atoms with Crippen LogP contribution in [0, 0.1) is 0 Å². The summed E-state index contributed by atoms with van der Waals surface area (Å²) in [6.07, 6.45) is 1.34. The Balaban J connectivity index is -0.00000000408. The van der Waals surface area contributed by atoms with Gasteiger partial charge in [0, 0.05) is 611 Å². The van der Waals surface area contributed by atoms with Crippen molar-refractivity contribution in [1.29, 1.82) is 0 Å². The summed E-state index contributed by atoms with van der Waals surface area (Å²) in [5.74, 6) is 0. The first-order valence-electron chi connectivity index (χ1n) is 14.2. The molecule has 0 bridgehead atoms. The fraction of sp³-hybridized carbons (Fsp3) is 0.929. The predicted molar refractivity (Wildman–Crippen MR) is 212 cm³/mol. The molecule has 0 unspecified atom stereocenters. The molecule has 0 aromatic carbocycles. The van der Waals surface area contributed by atoms with Gasteiger partial charge in [0.25, 0.3) is 0 Å². The smallest absolute Gasteiger partial charge is 0.186 e. The molecule has 5 nitrogen and oxygen atoms in total. The van der Waals surface area contributed by atoms with Gasteiger partial charge in [0.1, 0.15) is 0 Å². The standard InChI is InChI=1S/C6H16OSi.C5H12Si.2C4H12OSi.2C3H10OSi.CH4S.2CH4.31V/c1-5-6-8(3,4)7-2;3*1-5-6(2,3)4;2*1-4-5(2)3;1-2;;;;;;;;;;;;;;;;;;;;;;;;;;;;;;;;;/h5-6H2,1-4H3;5H,1H2,2-4H3;2*1-4H3;2*5H,1-3H3;2H,1H3;2*1H4;;;;;;;;;;;;;;;;;;;;;;;;;;;;;;;/p-1/i;;;;;;1D;;;;;;;;;;;;;;;;;;;;;;;;;;;;;;;;;. The molecule has 0 fully saturated rings. The minimum absolute atomic E-state index is 0. The Morgan fingerprint density at radius 2 is 0.493 bits per heavy atom. The Morgan fingerprint density at radius 3 is 0.507 bits per heavy atom. The van der Waals surface area contributed by atoms with Gasteiger partial charge in [-0.3, -0.25) is 0 Å². The summed E-state index contributed by atoms with van der Waals surface area (Å²) in [7, 11) is 3.28. The summed E-state index contributed by atoms with van der Waals surface area (Å²) in [6, 6.07) is 1.28. The van der Waals surface area contributed by atoms with Crippen molar-refractivity contribution < 1.29 is 599 Å². The van der Waals surface area contributed by atoms with Gasteiger partial charge in [-0.15, -0.1) is 12.3 Å². The van der Waals surface area contributed by atoms with Crippen LogP contribution >= 0.6 is 0 Å². The van der Waals surface area contributed by atoms with Crippen LogP contribution in [0.5, 0.6) is 0 Å². The molecule has 0 rings (SSSR count). The summed E-state index contributed by atoms with van der Waals surface area (Å²) < 4.78 is 31.3. The van der Waals surface area contributed by atoms with Crippen LogP contribution in [-0.2, 0) is 610 Å². The minimum Gasteiger partial charge on any atom is -0.796 e. The molecule has 411 valence electrons. The molecule has 0 aromatic rings. The molecular formula is C28H83O5SSi6V31-. The third-order valence-electron chi connectivity index (χ3n) is 4.18. The minimum atomic E-state index is -1.18. The predicted octanol–water partition coefficient (Wildman–Crippen LogP) is 9.82. The third kappa shape index (κ3) is 441. The molecule has 0 spiro atoms. The average Bonchev–Trinajstić information content (AvgIpc) is 2.80. The van der Waals surface area contributed by atoms with Crippen molar-refractivity contribution in [2.24, 2.45) is 0 Å². The number of rotatable bonds is 8. The normalized spacial score (nSPS) is 5.94. The molecule has 0 heterocycles. The second kappa shape index (κ2) is 212. The van der Waals surface area contributed by atoms with Gasteiger partial charge in [0.15, 0.2) is 43.0 Å². The molecule has 0 amide bonds. The summed E-state index contributed by atoms with van der Waals surface area (Å²) in [5, 5.41) is 0. The van der Waals surface area contributed by atoms with Crippen molar-refractivity contribution in [2.75, 3.05) is 41.8 Å². The van der Waals surface area contributed by atoms with E-state index < -0.39 is 51.1 Å². The molecule has 0 aliphatic rings. The first-order chi connectivity index (χ1) is 17.3. The van der Waals surface area contributed by atoms with Gasteiger partial charge in [-0.05, 0) is 86.0 Å². The van der Waals surface area contributed by atoms with Crippen LogP contribution in [-0.4, -0.2) is 92.9 Å². The summed E-state index contributed by atoms with van der Waals surface area (Å²) in [4.78, 5) is 0. The Bertz CT molecular complexity index is 508. The first kappa shape index (κ1) is 274. The van der Waals surface area contributed by atoms with E-state index in [1.165, 1.54) is 12.5 Å². The van der Waals surface area contributed by atoms with Gasteiger partial charge in [-0.1, -0.05) is 47.8 Å². The van der Waals surface area contributed by atoms with Crippen molar-refractivity contribution in [2.45, 2.75) is 132 Å². The van der Waals surface area contributed by atoms with E-state index in [1.807, 2.05) is 7.11 Å². The zero-order valence-electron chi connectivity index (χ0n) is 44.9. The Hall–Kier alpha value is 19.3. The molecule has 0 atom stereocenters. The molecule has 0 N–H and O–H groups in total. The Morgan fingerprint density at radius 1 is 0.394 bits per heavy atom. The maximum Gasteiger partial charge on any atom is 0.186 e.